The molecule has 1 aromatic carbocycles. The Bertz CT molecular complexity index is 783. The van der Waals surface area contributed by atoms with Gasteiger partial charge in [0, 0.05) is 24.2 Å². The Labute approximate surface area is 156 Å². The minimum absolute atomic E-state index is 0.0712. The normalized spacial score (nSPS) is 25.7. The third-order valence-electron chi connectivity index (χ3n) is 5.37. The Kier molecular flexibility index (Phi) is 4.41. The van der Waals surface area contributed by atoms with Crippen molar-refractivity contribution in [1.29, 1.82) is 0 Å². The summed E-state index contributed by atoms with van der Waals surface area (Å²) in [5, 5.41) is 0.648. The molecule has 2 atom stereocenters. The Hall–Kier alpha value is -2.40. The zero-order valence-electron chi connectivity index (χ0n) is 14.2. The van der Waals surface area contributed by atoms with Crippen molar-refractivity contribution in [1.82, 2.24) is 9.80 Å². The van der Waals surface area contributed by atoms with E-state index in [-0.39, 0.29) is 35.6 Å². The molecule has 2 aliphatic heterocycles. The van der Waals surface area contributed by atoms with E-state index < -0.39 is 0 Å². The minimum Gasteiger partial charge on any atom is -0.335 e. The number of hydrogen-bond acceptors (Lipinski definition) is 3. The molecule has 2 fully saturated rings. The summed E-state index contributed by atoms with van der Waals surface area (Å²) in [5.41, 5.74) is 0.890. The summed E-state index contributed by atoms with van der Waals surface area (Å²) in [6.45, 7) is 0.822. The van der Waals surface area contributed by atoms with E-state index in [1.807, 2.05) is 24.3 Å². The van der Waals surface area contributed by atoms with Gasteiger partial charge in [-0.1, -0.05) is 35.9 Å². The quantitative estimate of drug-likeness (QED) is 0.466. The summed E-state index contributed by atoms with van der Waals surface area (Å²) in [6.07, 6.45) is 8.49. The molecular weight excluding hydrogens is 352 g/mol. The number of allylic oxidation sites excluding steroid dienone is 2. The summed E-state index contributed by atoms with van der Waals surface area (Å²) in [6, 6.07) is 7.02. The maximum atomic E-state index is 12.5. The number of fused-ring (bicyclic) bond motifs is 1. The van der Waals surface area contributed by atoms with Gasteiger partial charge in [0.1, 0.15) is 0 Å². The number of halogens is 1. The monoisotopic (exact) mass is 370 g/mol. The molecule has 0 radical (unpaired) electrons. The molecule has 134 valence electrons. The molecule has 2 heterocycles. The van der Waals surface area contributed by atoms with Crippen LogP contribution in [0.3, 0.4) is 0 Å². The van der Waals surface area contributed by atoms with Crippen molar-refractivity contribution in [3.63, 3.8) is 0 Å². The highest BCUT2D eigenvalue weighted by atomic mass is 35.5. The molecule has 0 N–H and O–H groups in total. The molecule has 4 rings (SSSR count). The predicted molar refractivity (Wildman–Crippen MR) is 98.1 cm³/mol. The van der Waals surface area contributed by atoms with E-state index in [0.717, 1.165) is 5.56 Å². The van der Waals surface area contributed by atoms with Crippen LogP contribution in [0.1, 0.15) is 18.4 Å². The Balaban J connectivity index is 1.35. The molecule has 1 aliphatic carbocycles. The van der Waals surface area contributed by atoms with E-state index in [2.05, 4.69) is 0 Å². The van der Waals surface area contributed by atoms with Gasteiger partial charge in [-0.25, -0.2) is 0 Å². The lowest BCUT2D eigenvalue weighted by Crippen LogP contribution is -2.62. The molecular formula is C20H19ClN2O3. The lowest BCUT2D eigenvalue weighted by molar-refractivity contribution is -0.151. The first-order valence-electron chi connectivity index (χ1n) is 8.79. The predicted octanol–water partition coefficient (Wildman–Crippen LogP) is 2.52. The van der Waals surface area contributed by atoms with Crippen LogP contribution < -0.4 is 0 Å². The van der Waals surface area contributed by atoms with Crippen molar-refractivity contribution in [2.45, 2.75) is 18.9 Å². The number of imide groups is 1. The highest BCUT2D eigenvalue weighted by molar-refractivity contribution is 6.30. The average Bonchev–Trinajstić information content (AvgIpc) is 2.86. The summed E-state index contributed by atoms with van der Waals surface area (Å²) in [7, 11) is 0. The van der Waals surface area contributed by atoms with E-state index in [1.165, 1.54) is 11.0 Å². The molecule has 0 spiro atoms. The third kappa shape index (κ3) is 2.97. The molecule has 5 nitrogen and oxygen atoms in total. The molecule has 0 saturated carbocycles. The van der Waals surface area contributed by atoms with Crippen LogP contribution in [0.15, 0.2) is 42.5 Å². The highest BCUT2D eigenvalue weighted by Gasteiger charge is 2.52. The number of likely N-dealkylation sites (tertiary alicyclic amines) is 2. The Morgan fingerprint density at radius 1 is 1.00 bits per heavy atom. The van der Waals surface area contributed by atoms with E-state index in [0.29, 0.717) is 31.0 Å². The first-order valence-corrected chi connectivity index (χ1v) is 9.17. The number of nitrogens with zero attached hydrogens (tertiary/aromatic N) is 2. The smallest absolute Gasteiger partial charge is 0.246 e. The van der Waals surface area contributed by atoms with Gasteiger partial charge in [-0.3, -0.25) is 19.3 Å². The number of hydrogen-bond donors (Lipinski definition) is 0. The lowest BCUT2D eigenvalue weighted by Gasteiger charge is -2.42. The first-order chi connectivity index (χ1) is 12.5. The molecule has 26 heavy (non-hydrogen) atoms. The van der Waals surface area contributed by atoms with Gasteiger partial charge in [-0.15, -0.1) is 0 Å². The first kappa shape index (κ1) is 17.0. The molecule has 3 amide bonds. The third-order valence-corrected chi connectivity index (χ3v) is 5.62. The van der Waals surface area contributed by atoms with Crippen molar-refractivity contribution in [2.75, 3.05) is 13.1 Å². The van der Waals surface area contributed by atoms with Gasteiger partial charge in [0.25, 0.3) is 0 Å². The number of carbonyl (C=O) groups is 3. The number of rotatable bonds is 3. The average molecular weight is 371 g/mol. The topological polar surface area (TPSA) is 57.7 Å². The number of amides is 3. The van der Waals surface area contributed by atoms with Crippen molar-refractivity contribution in [3.8, 4) is 0 Å². The fraction of sp³-hybridized carbons (Fsp3) is 0.350. The van der Waals surface area contributed by atoms with Gasteiger partial charge >= 0.3 is 0 Å². The second-order valence-corrected chi connectivity index (χ2v) is 7.42. The van der Waals surface area contributed by atoms with E-state index >= 15 is 0 Å². The van der Waals surface area contributed by atoms with E-state index in [9.17, 15) is 14.4 Å². The fourth-order valence-electron chi connectivity index (χ4n) is 3.83. The molecule has 0 unspecified atom stereocenters. The van der Waals surface area contributed by atoms with Crippen LogP contribution in [0, 0.1) is 11.8 Å². The van der Waals surface area contributed by atoms with E-state index in [4.69, 9.17) is 11.6 Å². The Morgan fingerprint density at radius 2 is 1.58 bits per heavy atom. The Morgan fingerprint density at radius 3 is 2.15 bits per heavy atom. The largest absolute Gasteiger partial charge is 0.335 e. The maximum absolute atomic E-state index is 12.5. The fourth-order valence-corrected chi connectivity index (χ4v) is 3.96. The standard InChI is InChI=1S/C20H19ClN2O3/c21-14-8-5-13(6-9-14)7-10-18(24)22-11-15(12-22)23-19(25)16-3-1-2-4-17(16)20(23)26/h1-2,5-10,15-17H,3-4,11-12H2/b10-7+/t16-,17-/m1/s1. The highest BCUT2D eigenvalue weighted by Crippen LogP contribution is 2.37. The number of benzene rings is 1. The summed E-state index contributed by atoms with van der Waals surface area (Å²) in [4.78, 5) is 40.4. The SMILES string of the molecule is O=C(/C=C/c1ccc(Cl)cc1)N1CC(N2C(=O)[C@@H]3CC=CC[C@H]3C2=O)C1. The van der Waals surface area contributed by atoms with Crippen molar-refractivity contribution in [3.05, 3.63) is 53.1 Å². The van der Waals surface area contributed by atoms with Crippen molar-refractivity contribution >= 4 is 35.4 Å². The van der Waals surface area contributed by atoms with Gasteiger partial charge in [-0.05, 0) is 36.6 Å². The van der Waals surface area contributed by atoms with Crippen molar-refractivity contribution in [2.24, 2.45) is 11.8 Å². The van der Waals surface area contributed by atoms with Gasteiger partial charge in [-0.2, -0.15) is 0 Å². The van der Waals surface area contributed by atoms with Crippen LogP contribution in [0.5, 0.6) is 0 Å². The van der Waals surface area contributed by atoms with Crippen LogP contribution >= 0.6 is 11.6 Å². The number of carbonyl (C=O) groups excluding carboxylic acids is 3. The second kappa shape index (κ2) is 6.72. The van der Waals surface area contributed by atoms with Crippen LogP contribution in [0.2, 0.25) is 5.02 Å². The van der Waals surface area contributed by atoms with Crippen molar-refractivity contribution < 1.29 is 14.4 Å². The summed E-state index contributed by atoms with van der Waals surface area (Å²) >= 11 is 5.84. The zero-order valence-corrected chi connectivity index (χ0v) is 14.9. The molecule has 0 aromatic heterocycles. The zero-order chi connectivity index (χ0) is 18.3. The molecule has 3 aliphatic rings. The van der Waals surface area contributed by atoms with Gasteiger partial charge in [0.2, 0.25) is 17.7 Å². The van der Waals surface area contributed by atoms with Crippen LogP contribution in [-0.4, -0.2) is 46.7 Å². The van der Waals surface area contributed by atoms with Gasteiger partial charge in [0.15, 0.2) is 0 Å². The van der Waals surface area contributed by atoms with Crippen LogP contribution in [-0.2, 0) is 14.4 Å². The molecule has 6 heteroatoms. The van der Waals surface area contributed by atoms with Crippen LogP contribution in [0.25, 0.3) is 6.08 Å². The van der Waals surface area contributed by atoms with Gasteiger partial charge in [0.05, 0.1) is 17.9 Å². The molecule has 0 bridgehead atoms. The lowest BCUT2D eigenvalue weighted by atomic mass is 9.85. The summed E-state index contributed by atoms with van der Waals surface area (Å²) < 4.78 is 0. The maximum Gasteiger partial charge on any atom is 0.246 e. The minimum atomic E-state index is -0.206. The summed E-state index contributed by atoms with van der Waals surface area (Å²) in [5.74, 6) is -0.671. The van der Waals surface area contributed by atoms with E-state index in [1.54, 1.807) is 23.1 Å². The van der Waals surface area contributed by atoms with Gasteiger partial charge < -0.3 is 4.90 Å². The molecule has 1 aromatic rings. The van der Waals surface area contributed by atoms with Crippen LogP contribution in [0.4, 0.5) is 0 Å². The second-order valence-electron chi connectivity index (χ2n) is 6.98. The molecule has 2 saturated heterocycles.